The van der Waals surface area contributed by atoms with Gasteiger partial charge >= 0.3 is 5.69 Å². The minimum absolute atomic E-state index is 0.0440. The summed E-state index contributed by atoms with van der Waals surface area (Å²) in [6.07, 6.45) is 2.25. The van der Waals surface area contributed by atoms with Crippen molar-refractivity contribution >= 4 is 23.2 Å². The van der Waals surface area contributed by atoms with Gasteiger partial charge in [0.05, 0.1) is 4.92 Å². The number of hydrogen-bond donors (Lipinski definition) is 1. The summed E-state index contributed by atoms with van der Waals surface area (Å²) >= 11 is 5.77. The molecule has 0 spiro atoms. The van der Waals surface area contributed by atoms with Crippen molar-refractivity contribution in [1.29, 1.82) is 0 Å². The summed E-state index contributed by atoms with van der Waals surface area (Å²) in [5, 5.41) is 17.6. The van der Waals surface area contributed by atoms with E-state index in [1.807, 2.05) is 6.07 Å². The molecule has 21 heavy (non-hydrogen) atoms. The van der Waals surface area contributed by atoms with Crippen molar-refractivity contribution in [2.75, 3.05) is 6.54 Å². The number of nitro benzene ring substituents is 1. The topological polar surface area (TPSA) is 90.1 Å². The number of aryl methyl sites for hydroxylation is 1. The van der Waals surface area contributed by atoms with Crippen molar-refractivity contribution in [3.05, 3.63) is 56.9 Å². The molecule has 0 aliphatic rings. The summed E-state index contributed by atoms with van der Waals surface area (Å²) in [4.78, 5) is 22.4. The Morgan fingerprint density at radius 2 is 2.24 bits per heavy atom. The average molecular weight is 309 g/mol. The molecular weight excluding hydrogens is 296 g/mol. The molecule has 1 heterocycles. The second-order valence-electron chi connectivity index (χ2n) is 4.35. The third-order valence-corrected chi connectivity index (χ3v) is 3.31. The lowest BCUT2D eigenvalue weighted by molar-refractivity contribution is -0.385. The zero-order valence-electron chi connectivity index (χ0n) is 11.2. The Balaban J connectivity index is 2.06. The molecule has 1 N–H and O–H groups in total. The first-order valence-electron chi connectivity index (χ1n) is 6.18. The van der Waals surface area contributed by atoms with Gasteiger partial charge in [0, 0.05) is 31.9 Å². The van der Waals surface area contributed by atoms with Crippen molar-refractivity contribution in [2.45, 2.75) is 6.42 Å². The van der Waals surface area contributed by atoms with Crippen LogP contribution in [-0.4, -0.2) is 27.2 Å². The average Bonchev–Trinajstić information content (AvgIpc) is 2.83. The fourth-order valence-corrected chi connectivity index (χ4v) is 2.17. The summed E-state index contributed by atoms with van der Waals surface area (Å²) in [6, 6.07) is 6.11. The van der Waals surface area contributed by atoms with Crippen LogP contribution in [0.2, 0.25) is 5.02 Å². The van der Waals surface area contributed by atoms with Gasteiger partial charge in [0.2, 0.25) is 0 Å². The Bertz CT molecular complexity index is 684. The predicted molar refractivity (Wildman–Crippen MR) is 77.4 cm³/mol. The second-order valence-corrected chi connectivity index (χ2v) is 4.75. The summed E-state index contributed by atoms with van der Waals surface area (Å²) in [7, 11) is 1.80. The number of nitro groups is 1. The van der Waals surface area contributed by atoms with Crippen LogP contribution in [0.15, 0.2) is 30.5 Å². The van der Waals surface area contributed by atoms with E-state index in [-0.39, 0.29) is 16.3 Å². The van der Waals surface area contributed by atoms with Crippen LogP contribution < -0.4 is 5.32 Å². The third kappa shape index (κ3) is 3.38. The zero-order valence-corrected chi connectivity index (χ0v) is 12.0. The lowest BCUT2D eigenvalue weighted by Gasteiger charge is -2.07. The molecule has 0 bridgehead atoms. The minimum atomic E-state index is -0.654. The van der Waals surface area contributed by atoms with E-state index in [9.17, 15) is 14.9 Å². The molecule has 8 heteroatoms. The van der Waals surface area contributed by atoms with Crippen molar-refractivity contribution < 1.29 is 9.72 Å². The van der Waals surface area contributed by atoms with Crippen LogP contribution in [-0.2, 0) is 13.5 Å². The Morgan fingerprint density at radius 3 is 2.86 bits per heavy atom. The molecular formula is C13H13ClN4O3. The van der Waals surface area contributed by atoms with E-state index >= 15 is 0 Å². The lowest BCUT2D eigenvalue weighted by atomic mass is 10.1. The maximum absolute atomic E-state index is 12.0. The first-order chi connectivity index (χ1) is 10.0. The van der Waals surface area contributed by atoms with Crippen LogP contribution in [0.3, 0.4) is 0 Å². The van der Waals surface area contributed by atoms with E-state index in [0.29, 0.717) is 13.0 Å². The van der Waals surface area contributed by atoms with Gasteiger partial charge in [-0.05, 0) is 18.2 Å². The molecule has 0 atom stereocenters. The summed E-state index contributed by atoms with van der Waals surface area (Å²) < 4.78 is 1.70. The monoisotopic (exact) mass is 308 g/mol. The van der Waals surface area contributed by atoms with Crippen LogP contribution in [0.25, 0.3) is 0 Å². The van der Waals surface area contributed by atoms with Gasteiger partial charge in [0.25, 0.3) is 5.91 Å². The van der Waals surface area contributed by atoms with Gasteiger partial charge in [-0.25, -0.2) is 0 Å². The highest BCUT2D eigenvalue weighted by molar-refractivity contribution is 6.33. The molecule has 2 rings (SSSR count). The lowest BCUT2D eigenvalue weighted by Crippen LogP contribution is -2.27. The molecule has 0 saturated carbocycles. The Kier molecular flexibility index (Phi) is 4.54. The molecule has 1 amide bonds. The Hall–Kier alpha value is -2.41. The molecule has 0 fully saturated rings. The van der Waals surface area contributed by atoms with Gasteiger partial charge in [-0.1, -0.05) is 17.7 Å². The molecule has 0 aliphatic heterocycles. The summed E-state index contributed by atoms with van der Waals surface area (Å²) in [6.45, 7) is 0.349. The highest BCUT2D eigenvalue weighted by atomic mass is 35.5. The minimum Gasteiger partial charge on any atom is -0.351 e. The number of amides is 1. The molecule has 7 nitrogen and oxygen atoms in total. The largest absolute Gasteiger partial charge is 0.351 e. The van der Waals surface area contributed by atoms with Gasteiger partial charge in [0.15, 0.2) is 0 Å². The van der Waals surface area contributed by atoms with E-state index in [4.69, 9.17) is 11.6 Å². The van der Waals surface area contributed by atoms with Gasteiger partial charge in [0.1, 0.15) is 10.6 Å². The molecule has 1 aromatic heterocycles. The Labute approximate surface area is 125 Å². The summed E-state index contributed by atoms with van der Waals surface area (Å²) in [5.74, 6) is -0.522. The van der Waals surface area contributed by atoms with E-state index in [1.165, 1.54) is 18.2 Å². The maximum atomic E-state index is 12.0. The van der Waals surface area contributed by atoms with Crippen molar-refractivity contribution in [3.8, 4) is 0 Å². The first kappa shape index (κ1) is 15.0. The predicted octanol–water partition coefficient (Wildman–Crippen LogP) is 1.95. The van der Waals surface area contributed by atoms with Gasteiger partial charge in [-0.15, -0.1) is 0 Å². The summed E-state index contributed by atoms with van der Waals surface area (Å²) in [5.41, 5.74) is 0.533. The Morgan fingerprint density at radius 1 is 1.48 bits per heavy atom. The van der Waals surface area contributed by atoms with E-state index < -0.39 is 10.8 Å². The number of nitrogens with zero attached hydrogens (tertiary/aromatic N) is 3. The zero-order chi connectivity index (χ0) is 15.4. The van der Waals surface area contributed by atoms with Crippen LogP contribution in [0.5, 0.6) is 0 Å². The molecule has 1 aromatic carbocycles. The van der Waals surface area contributed by atoms with Crippen molar-refractivity contribution in [2.24, 2.45) is 7.05 Å². The molecule has 0 radical (unpaired) electrons. The highest BCUT2D eigenvalue weighted by Gasteiger charge is 2.23. The molecule has 2 aromatic rings. The van der Waals surface area contributed by atoms with Crippen molar-refractivity contribution in [1.82, 2.24) is 15.1 Å². The highest BCUT2D eigenvalue weighted by Crippen LogP contribution is 2.27. The molecule has 0 saturated heterocycles. The fourth-order valence-electron chi connectivity index (χ4n) is 1.93. The van der Waals surface area contributed by atoms with E-state index in [2.05, 4.69) is 10.4 Å². The molecule has 0 unspecified atom stereocenters. The SMILES string of the molecule is Cn1nccc1CCNC(=O)c1cccc(Cl)c1[N+](=O)[O-]. The van der Waals surface area contributed by atoms with Gasteiger partial charge in [-0.2, -0.15) is 5.10 Å². The van der Waals surface area contributed by atoms with Crippen molar-refractivity contribution in [3.63, 3.8) is 0 Å². The van der Waals surface area contributed by atoms with Gasteiger partial charge < -0.3 is 5.32 Å². The van der Waals surface area contributed by atoms with Crippen LogP contribution >= 0.6 is 11.6 Å². The number of nitrogens with one attached hydrogen (secondary N) is 1. The fraction of sp³-hybridized carbons (Fsp3) is 0.231. The standard InChI is InChI=1S/C13H13ClN4O3/c1-17-9(6-8-16-17)5-7-15-13(19)10-3-2-4-11(14)12(10)18(20)21/h2-4,6,8H,5,7H2,1H3,(H,15,19). The van der Waals surface area contributed by atoms with Crippen LogP contribution in [0.1, 0.15) is 16.1 Å². The molecule has 110 valence electrons. The normalized spacial score (nSPS) is 10.4. The third-order valence-electron chi connectivity index (χ3n) is 3.00. The number of aromatic nitrogens is 2. The van der Waals surface area contributed by atoms with Crippen LogP contribution in [0.4, 0.5) is 5.69 Å². The number of hydrogen-bond acceptors (Lipinski definition) is 4. The molecule has 0 aliphatic carbocycles. The second kappa shape index (κ2) is 6.36. The first-order valence-corrected chi connectivity index (χ1v) is 6.56. The van der Waals surface area contributed by atoms with Gasteiger partial charge in [-0.3, -0.25) is 19.6 Å². The number of benzene rings is 1. The smallest absolute Gasteiger partial charge is 0.300 e. The number of para-hydroxylation sites is 1. The van der Waals surface area contributed by atoms with Crippen LogP contribution in [0, 0.1) is 10.1 Å². The number of rotatable bonds is 5. The van der Waals surface area contributed by atoms with E-state index in [1.54, 1.807) is 17.9 Å². The maximum Gasteiger partial charge on any atom is 0.300 e. The number of halogens is 1. The number of carbonyl (C=O) groups is 1. The number of carbonyl (C=O) groups excluding carboxylic acids is 1. The van der Waals surface area contributed by atoms with E-state index in [0.717, 1.165) is 5.69 Å². The quantitative estimate of drug-likeness (QED) is 0.675.